The molecule has 132 valence electrons. The van der Waals surface area contributed by atoms with Crippen LogP contribution in [-0.2, 0) is 11.3 Å². The maximum Gasteiger partial charge on any atom is 0.250 e. The maximum absolute atomic E-state index is 12.6. The summed E-state index contributed by atoms with van der Waals surface area (Å²) >= 11 is 0. The van der Waals surface area contributed by atoms with Gasteiger partial charge in [0.25, 0.3) is 5.56 Å². The molecule has 0 aliphatic rings. The summed E-state index contributed by atoms with van der Waals surface area (Å²) < 4.78 is 1.61. The predicted molar refractivity (Wildman–Crippen MR) is 101 cm³/mol. The van der Waals surface area contributed by atoms with Gasteiger partial charge in [-0.15, -0.1) is 0 Å². The molecule has 3 rings (SSSR count). The van der Waals surface area contributed by atoms with E-state index in [0.717, 1.165) is 16.8 Å². The molecule has 1 amide bonds. The highest BCUT2D eigenvalue weighted by Gasteiger charge is 2.16. The molecule has 0 bridgehead atoms. The van der Waals surface area contributed by atoms with Crippen LogP contribution in [0.2, 0.25) is 0 Å². The Hall–Kier alpha value is -3.21. The Labute approximate surface area is 152 Å². The third kappa shape index (κ3) is 4.25. The van der Waals surface area contributed by atoms with Crippen LogP contribution in [0.1, 0.15) is 29.3 Å². The first kappa shape index (κ1) is 17.6. The van der Waals surface area contributed by atoms with Gasteiger partial charge in [0.1, 0.15) is 0 Å². The van der Waals surface area contributed by atoms with Gasteiger partial charge in [-0.25, -0.2) is 0 Å². The van der Waals surface area contributed by atoms with Crippen molar-refractivity contribution in [1.29, 1.82) is 0 Å². The van der Waals surface area contributed by atoms with E-state index >= 15 is 0 Å². The van der Waals surface area contributed by atoms with Gasteiger partial charge >= 0.3 is 0 Å². The lowest BCUT2D eigenvalue weighted by atomic mass is 9.99. The van der Waals surface area contributed by atoms with E-state index in [1.807, 2.05) is 55.5 Å². The average molecular weight is 347 g/mol. The molecule has 5 nitrogen and oxygen atoms in total. The van der Waals surface area contributed by atoms with Gasteiger partial charge < -0.3 is 9.88 Å². The number of nitrogens with one attached hydrogen (secondary N) is 1. The first-order valence-corrected chi connectivity index (χ1v) is 8.56. The van der Waals surface area contributed by atoms with E-state index in [-0.39, 0.29) is 23.9 Å². The molecular weight excluding hydrogens is 326 g/mol. The summed E-state index contributed by atoms with van der Waals surface area (Å²) in [5.74, 6) is -0.106. The number of hydrogen-bond acceptors (Lipinski definition) is 3. The molecule has 2 aromatic heterocycles. The van der Waals surface area contributed by atoms with Gasteiger partial charge in [0, 0.05) is 37.1 Å². The number of benzene rings is 1. The van der Waals surface area contributed by atoms with E-state index in [0.29, 0.717) is 6.54 Å². The Kier molecular flexibility index (Phi) is 5.59. The first-order valence-electron chi connectivity index (χ1n) is 8.56. The van der Waals surface area contributed by atoms with E-state index in [1.165, 1.54) is 6.07 Å². The molecule has 26 heavy (non-hydrogen) atoms. The lowest BCUT2D eigenvalue weighted by molar-refractivity contribution is -0.121. The van der Waals surface area contributed by atoms with E-state index in [4.69, 9.17) is 0 Å². The molecule has 3 aromatic rings. The maximum atomic E-state index is 12.6. The Morgan fingerprint density at radius 2 is 1.69 bits per heavy atom. The quantitative estimate of drug-likeness (QED) is 0.746. The zero-order valence-electron chi connectivity index (χ0n) is 14.6. The molecular formula is C21H21N3O2. The van der Waals surface area contributed by atoms with Crippen LogP contribution in [-0.4, -0.2) is 15.5 Å². The molecule has 0 saturated heterocycles. The zero-order valence-corrected chi connectivity index (χ0v) is 14.6. The number of carbonyl (C=O) groups is 1. The van der Waals surface area contributed by atoms with Crippen molar-refractivity contribution in [3.05, 3.63) is 100 Å². The number of aryl methyl sites for hydroxylation is 1. The minimum absolute atomic E-state index is 0.0912. The number of aromatic nitrogens is 2. The second kappa shape index (κ2) is 8.25. The highest BCUT2D eigenvalue weighted by molar-refractivity contribution is 5.77. The third-order valence-corrected chi connectivity index (χ3v) is 4.31. The fourth-order valence-electron chi connectivity index (χ4n) is 2.92. The fraction of sp³-hybridized carbons (Fsp3) is 0.190. The Morgan fingerprint density at radius 1 is 1.00 bits per heavy atom. The monoisotopic (exact) mass is 347 g/mol. The van der Waals surface area contributed by atoms with Gasteiger partial charge in [0.2, 0.25) is 5.91 Å². The summed E-state index contributed by atoms with van der Waals surface area (Å²) in [5.41, 5.74) is 2.72. The Bertz CT molecular complexity index is 881. The molecule has 0 aliphatic carbocycles. The van der Waals surface area contributed by atoms with Crippen LogP contribution in [0.25, 0.3) is 0 Å². The van der Waals surface area contributed by atoms with E-state index < -0.39 is 0 Å². The van der Waals surface area contributed by atoms with Crippen LogP contribution in [0.4, 0.5) is 0 Å². The van der Waals surface area contributed by atoms with Gasteiger partial charge in [-0.1, -0.05) is 36.4 Å². The van der Waals surface area contributed by atoms with Crippen molar-refractivity contribution in [2.45, 2.75) is 25.9 Å². The number of nitrogens with zero attached hydrogens (tertiary/aromatic N) is 2. The lowest BCUT2D eigenvalue weighted by Gasteiger charge is -2.20. The van der Waals surface area contributed by atoms with Crippen molar-refractivity contribution in [2.24, 2.45) is 0 Å². The van der Waals surface area contributed by atoms with Crippen molar-refractivity contribution in [3.8, 4) is 0 Å². The largest absolute Gasteiger partial charge is 0.345 e. The molecule has 0 unspecified atom stereocenters. The summed E-state index contributed by atoms with van der Waals surface area (Å²) in [5, 5.41) is 3.08. The van der Waals surface area contributed by atoms with Gasteiger partial charge in [-0.2, -0.15) is 0 Å². The van der Waals surface area contributed by atoms with Crippen LogP contribution < -0.4 is 10.9 Å². The van der Waals surface area contributed by atoms with Crippen molar-refractivity contribution in [3.63, 3.8) is 0 Å². The van der Waals surface area contributed by atoms with E-state index in [1.54, 1.807) is 23.0 Å². The van der Waals surface area contributed by atoms with Gasteiger partial charge in [-0.3, -0.25) is 14.6 Å². The van der Waals surface area contributed by atoms with E-state index in [2.05, 4.69) is 10.3 Å². The fourth-order valence-corrected chi connectivity index (χ4v) is 2.92. The molecule has 2 heterocycles. The second-order valence-corrected chi connectivity index (χ2v) is 6.10. The average Bonchev–Trinajstić information content (AvgIpc) is 2.67. The van der Waals surface area contributed by atoms with Crippen LogP contribution in [0.3, 0.4) is 0 Å². The number of rotatable bonds is 6. The summed E-state index contributed by atoms with van der Waals surface area (Å²) in [6.45, 7) is 2.22. The molecule has 1 N–H and O–H groups in total. The van der Waals surface area contributed by atoms with Crippen molar-refractivity contribution < 1.29 is 4.79 Å². The SMILES string of the molecule is Cc1cccc(=O)n1CCC(=O)N[C@@H](c1ccccc1)c1ccncc1. The van der Waals surface area contributed by atoms with Crippen LogP contribution in [0, 0.1) is 6.92 Å². The summed E-state index contributed by atoms with van der Waals surface area (Å²) in [6, 6.07) is 18.4. The Balaban J connectivity index is 1.75. The van der Waals surface area contributed by atoms with Crippen LogP contribution >= 0.6 is 0 Å². The van der Waals surface area contributed by atoms with Crippen molar-refractivity contribution in [1.82, 2.24) is 14.9 Å². The molecule has 0 fully saturated rings. The van der Waals surface area contributed by atoms with Gasteiger partial charge in [0.15, 0.2) is 0 Å². The molecule has 0 radical (unpaired) electrons. The second-order valence-electron chi connectivity index (χ2n) is 6.10. The highest BCUT2D eigenvalue weighted by atomic mass is 16.2. The number of hydrogen-bond donors (Lipinski definition) is 1. The lowest BCUT2D eigenvalue weighted by Crippen LogP contribution is -2.31. The van der Waals surface area contributed by atoms with Gasteiger partial charge in [-0.05, 0) is 36.2 Å². The molecule has 0 saturated carbocycles. The minimum Gasteiger partial charge on any atom is -0.345 e. The third-order valence-electron chi connectivity index (χ3n) is 4.31. The minimum atomic E-state index is -0.250. The molecule has 1 aromatic carbocycles. The topological polar surface area (TPSA) is 64.0 Å². The standard InChI is InChI=1S/C21H21N3O2/c1-16-6-5-9-20(26)24(16)15-12-19(25)23-21(17-7-3-2-4-8-17)18-10-13-22-14-11-18/h2-11,13-14,21H,12,15H2,1H3,(H,23,25)/t21-/m0/s1. The Morgan fingerprint density at radius 3 is 2.38 bits per heavy atom. The number of amides is 1. The molecule has 0 aliphatic heterocycles. The number of carbonyl (C=O) groups excluding carboxylic acids is 1. The first-order chi connectivity index (χ1) is 12.6. The van der Waals surface area contributed by atoms with E-state index in [9.17, 15) is 9.59 Å². The summed E-state index contributed by atoms with van der Waals surface area (Å²) in [4.78, 5) is 28.5. The molecule has 0 spiro atoms. The molecule has 1 atom stereocenters. The predicted octanol–water partition coefficient (Wildman–Crippen LogP) is 2.85. The highest BCUT2D eigenvalue weighted by Crippen LogP contribution is 2.21. The summed E-state index contributed by atoms with van der Waals surface area (Å²) in [7, 11) is 0. The molecule has 5 heteroatoms. The van der Waals surface area contributed by atoms with Crippen LogP contribution in [0.15, 0.2) is 77.9 Å². The summed E-state index contributed by atoms with van der Waals surface area (Å²) in [6.07, 6.45) is 3.66. The van der Waals surface area contributed by atoms with Gasteiger partial charge in [0.05, 0.1) is 6.04 Å². The number of pyridine rings is 2. The zero-order chi connectivity index (χ0) is 18.4. The van der Waals surface area contributed by atoms with Crippen LogP contribution in [0.5, 0.6) is 0 Å². The van der Waals surface area contributed by atoms with Crippen molar-refractivity contribution in [2.75, 3.05) is 0 Å². The normalized spacial score (nSPS) is 11.7. The smallest absolute Gasteiger partial charge is 0.250 e. The van der Waals surface area contributed by atoms with Crippen molar-refractivity contribution >= 4 is 5.91 Å².